The minimum absolute atomic E-state index is 0.0185. The molecule has 0 aromatic heterocycles. The lowest BCUT2D eigenvalue weighted by Gasteiger charge is -2.11. The van der Waals surface area contributed by atoms with Crippen LogP contribution in [0, 0.1) is 10.1 Å². The van der Waals surface area contributed by atoms with Gasteiger partial charge in [-0.2, -0.15) is 8.78 Å². The number of carbonyl (C=O) groups excluding carboxylic acids is 1. The Morgan fingerprint density at radius 1 is 1.17 bits per heavy atom. The Labute approximate surface area is 164 Å². The molecule has 0 radical (unpaired) electrons. The van der Waals surface area contributed by atoms with Gasteiger partial charge in [0.2, 0.25) is 5.91 Å². The van der Waals surface area contributed by atoms with E-state index in [9.17, 15) is 23.7 Å². The van der Waals surface area contributed by atoms with Gasteiger partial charge in [-0.1, -0.05) is 12.1 Å². The van der Waals surface area contributed by atoms with E-state index < -0.39 is 17.4 Å². The predicted molar refractivity (Wildman–Crippen MR) is 98.7 cm³/mol. The fraction of sp³-hybridized carbons (Fsp3) is 0.316. The topological polar surface area (TPSA) is 99.9 Å². The van der Waals surface area contributed by atoms with Crippen molar-refractivity contribution in [2.75, 3.05) is 18.5 Å². The quantitative estimate of drug-likeness (QED) is 0.550. The first-order chi connectivity index (χ1) is 13.9. The number of hydrogen-bond donors (Lipinski definition) is 1. The lowest BCUT2D eigenvalue weighted by Crippen LogP contribution is -2.14. The van der Waals surface area contributed by atoms with E-state index in [2.05, 4.69) is 10.1 Å². The number of carbonyl (C=O) groups is 1. The van der Waals surface area contributed by atoms with E-state index in [4.69, 9.17) is 9.47 Å². The summed E-state index contributed by atoms with van der Waals surface area (Å²) in [7, 11) is 0. The summed E-state index contributed by atoms with van der Waals surface area (Å²) in [6.07, 6.45) is 1.01. The number of nitrogens with one attached hydrogen (secondary N) is 1. The zero-order chi connectivity index (χ0) is 20.8. The van der Waals surface area contributed by atoms with Gasteiger partial charge in [0, 0.05) is 18.9 Å². The molecule has 1 aliphatic rings. The third-order valence-corrected chi connectivity index (χ3v) is 4.13. The number of anilines is 1. The van der Waals surface area contributed by atoms with Gasteiger partial charge in [0.25, 0.3) is 5.69 Å². The zero-order valence-corrected chi connectivity index (χ0v) is 15.2. The normalized spacial score (nSPS) is 12.9. The Hall–Kier alpha value is -3.43. The maximum absolute atomic E-state index is 12.3. The second kappa shape index (κ2) is 9.18. The first-order valence-corrected chi connectivity index (χ1v) is 8.84. The maximum atomic E-state index is 12.3. The van der Waals surface area contributed by atoms with E-state index in [-0.39, 0.29) is 29.3 Å². The molecule has 0 saturated heterocycles. The third kappa shape index (κ3) is 5.53. The molecule has 1 amide bonds. The Morgan fingerprint density at radius 2 is 1.83 bits per heavy atom. The summed E-state index contributed by atoms with van der Waals surface area (Å²) in [5, 5.41) is 13.9. The highest BCUT2D eigenvalue weighted by Gasteiger charge is 2.23. The van der Waals surface area contributed by atoms with Crippen molar-refractivity contribution in [2.24, 2.45) is 0 Å². The Kier molecular flexibility index (Phi) is 6.43. The van der Waals surface area contributed by atoms with E-state index in [1.54, 1.807) is 12.1 Å². The Morgan fingerprint density at radius 3 is 2.45 bits per heavy atom. The molecule has 154 valence electrons. The standard InChI is InChI=1S/C19H18F2N2O6/c20-19(21)29-13-5-2-12(3-6-13)4-7-18(24)22-14-10-16-17(11-15(14)23(25)26)28-9-1-8-27-16/h2-3,5-6,10-11,19H,1,4,7-9H2,(H,22,24). The predicted octanol–water partition coefficient (Wildman–Crippen LogP) is 3.93. The fourth-order valence-electron chi connectivity index (χ4n) is 2.76. The molecule has 1 N–H and O–H groups in total. The van der Waals surface area contributed by atoms with Crippen LogP contribution >= 0.6 is 0 Å². The average Bonchev–Trinajstić information content (AvgIpc) is 2.91. The molecule has 0 spiro atoms. The molecule has 0 aliphatic carbocycles. The van der Waals surface area contributed by atoms with Crippen LogP contribution in [0.2, 0.25) is 0 Å². The lowest BCUT2D eigenvalue weighted by atomic mass is 10.1. The van der Waals surface area contributed by atoms with Crippen LogP contribution in [0.4, 0.5) is 20.2 Å². The molecule has 0 saturated carbocycles. The van der Waals surface area contributed by atoms with Crippen LogP contribution in [0.15, 0.2) is 36.4 Å². The number of benzene rings is 2. The molecular weight excluding hydrogens is 390 g/mol. The number of halogens is 2. The van der Waals surface area contributed by atoms with E-state index >= 15 is 0 Å². The summed E-state index contributed by atoms with van der Waals surface area (Å²) in [4.78, 5) is 23.0. The van der Waals surface area contributed by atoms with Gasteiger partial charge in [-0.05, 0) is 24.1 Å². The summed E-state index contributed by atoms with van der Waals surface area (Å²) in [5.74, 6) is 0.183. The molecule has 3 rings (SSSR count). The largest absolute Gasteiger partial charge is 0.489 e. The number of amides is 1. The average molecular weight is 408 g/mol. The second-order valence-corrected chi connectivity index (χ2v) is 6.19. The Bertz CT molecular complexity index is 889. The number of alkyl halides is 2. The molecule has 1 heterocycles. The van der Waals surface area contributed by atoms with Crippen molar-refractivity contribution < 1.29 is 32.7 Å². The highest BCUT2D eigenvalue weighted by atomic mass is 19.3. The van der Waals surface area contributed by atoms with Gasteiger partial charge in [0.1, 0.15) is 11.4 Å². The van der Waals surface area contributed by atoms with Gasteiger partial charge in [-0.25, -0.2) is 0 Å². The van der Waals surface area contributed by atoms with Crippen LogP contribution in [0.25, 0.3) is 0 Å². The van der Waals surface area contributed by atoms with Crippen molar-refractivity contribution in [3.05, 3.63) is 52.1 Å². The summed E-state index contributed by atoms with van der Waals surface area (Å²) in [6.45, 7) is -2.11. The number of nitro groups is 1. The maximum Gasteiger partial charge on any atom is 0.387 e. The Balaban J connectivity index is 1.65. The molecule has 0 unspecified atom stereocenters. The van der Waals surface area contributed by atoms with Crippen LogP contribution in [-0.4, -0.2) is 30.7 Å². The molecule has 0 atom stereocenters. The van der Waals surface area contributed by atoms with E-state index in [0.717, 1.165) is 5.56 Å². The van der Waals surface area contributed by atoms with Crippen LogP contribution < -0.4 is 19.5 Å². The molecule has 1 aliphatic heterocycles. The minimum Gasteiger partial charge on any atom is -0.489 e. The smallest absolute Gasteiger partial charge is 0.387 e. The summed E-state index contributed by atoms with van der Waals surface area (Å²) < 4.78 is 39.5. The fourth-order valence-corrected chi connectivity index (χ4v) is 2.76. The number of rotatable bonds is 7. The van der Waals surface area contributed by atoms with Gasteiger partial charge in [-0.3, -0.25) is 14.9 Å². The van der Waals surface area contributed by atoms with Gasteiger partial charge in [-0.15, -0.1) is 0 Å². The van der Waals surface area contributed by atoms with Crippen LogP contribution in [0.3, 0.4) is 0 Å². The summed E-state index contributed by atoms with van der Waals surface area (Å²) >= 11 is 0. The first kappa shape index (κ1) is 20.3. The van der Waals surface area contributed by atoms with Gasteiger partial charge in [0.05, 0.1) is 24.2 Å². The molecular formula is C19H18F2N2O6. The van der Waals surface area contributed by atoms with Gasteiger partial charge >= 0.3 is 6.61 Å². The number of nitrogens with zero attached hydrogens (tertiary/aromatic N) is 1. The minimum atomic E-state index is -2.90. The van der Waals surface area contributed by atoms with E-state index in [0.29, 0.717) is 31.8 Å². The number of hydrogen-bond acceptors (Lipinski definition) is 6. The van der Waals surface area contributed by atoms with E-state index in [1.807, 2.05) is 0 Å². The molecule has 2 aromatic rings. The highest BCUT2D eigenvalue weighted by Crippen LogP contribution is 2.39. The molecule has 8 nitrogen and oxygen atoms in total. The summed E-state index contributed by atoms with van der Waals surface area (Å²) in [6, 6.07) is 8.52. The molecule has 10 heteroatoms. The van der Waals surface area contributed by atoms with E-state index in [1.165, 1.54) is 24.3 Å². The summed E-state index contributed by atoms with van der Waals surface area (Å²) in [5.41, 5.74) is 0.455. The third-order valence-electron chi connectivity index (χ3n) is 4.13. The monoisotopic (exact) mass is 408 g/mol. The van der Waals surface area contributed by atoms with Crippen molar-refractivity contribution in [1.29, 1.82) is 0 Å². The number of fused-ring (bicyclic) bond motifs is 1. The molecule has 2 aromatic carbocycles. The zero-order valence-electron chi connectivity index (χ0n) is 15.2. The van der Waals surface area contributed by atoms with Crippen molar-refractivity contribution in [3.63, 3.8) is 0 Å². The van der Waals surface area contributed by atoms with Crippen LogP contribution in [-0.2, 0) is 11.2 Å². The number of aryl methyl sites for hydroxylation is 1. The first-order valence-electron chi connectivity index (χ1n) is 8.84. The number of nitro benzene ring substituents is 1. The molecule has 29 heavy (non-hydrogen) atoms. The second-order valence-electron chi connectivity index (χ2n) is 6.19. The van der Waals surface area contributed by atoms with Crippen LogP contribution in [0.5, 0.6) is 17.2 Å². The number of ether oxygens (including phenoxy) is 3. The van der Waals surface area contributed by atoms with Gasteiger partial charge < -0.3 is 19.5 Å². The molecule has 0 bridgehead atoms. The van der Waals surface area contributed by atoms with Crippen molar-refractivity contribution in [2.45, 2.75) is 25.9 Å². The van der Waals surface area contributed by atoms with Crippen LogP contribution in [0.1, 0.15) is 18.4 Å². The molecule has 0 fully saturated rings. The van der Waals surface area contributed by atoms with Crippen molar-refractivity contribution in [1.82, 2.24) is 0 Å². The van der Waals surface area contributed by atoms with Gasteiger partial charge in [0.15, 0.2) is 11.5 Å². The highest BCUT2D eigenvalue weighted by molar-refractivity contribution is 5.93. The van der Waals surface area contributed by atoms with Crippen molar-refractivity contribution >= 4 is 17.3 Å². The lowest BCUT2D eigenvalue weighted by molar-refractivity contribution is -0.384. The van der Waals surface area contributed by atoms with Crippen molar-refractivity contribution in [3.8, 4) is 17.2 Å². The SMILES string of the molecule is O=C(CCc1ccc(OC(F)F)cc1)Nc1cc2c(cc1[N+](=O)[O-])OCCCO2.